The van der Waals surface area contributed by atoms with Gasteiger partial charge in [-0.1, -0.05) is 6.92 Å². The van der Waals surface area contributed by atoms with Gasteiger partial charge in [-0.3, -0.25) is 19.8 Å². The Morgan fingerprint density at radius 1 is 1.02 bits per heavy atom. The highest BCUT2D eigenvalue weighted by Crippen LogP contribution is 2.31. The monoisotopic (exact) mass is 576 g/mol. The summed E-state index contributed by atoms with van der Waals surface area (Å²) in [6, 6.07) is 1.80. The van der Waals surface area contributed by atoms with Crippen LogP contribution < -0.4 is 15.0 Å². The van der Waals surface area contributed by atoms with Gasteiger partial charge in [-0.2, -0.15) is 5.10 Å². The zero-order valence-electron chi connectivity index (χ0n) is 23.2. The van der Waals surface area contributed by atoms with Crippen LogP contribution in [-0.4, -0.2) is 80.5 Å². The molecule has 42 heavy (non-hydrogen) atoms. The van der Waals surface area contributed by atoms with Crippen LogP contribution in [0.25, 0.3) is 22.6 Å². The van der Waals surface area contributed by atoms with Gasteiger partial charge in [-0.15, -0.1) is 0 Å². The third-order valence-electron chi connectivity index (χ3n) is 7.01. The number of aromatic nitrogens is 8. The van der Waals surface area contributed by atoms with Crippen LogP contribution in [0.5, 0.6) is 6.01 Å². The Labute approximate surface area is 241 Å². The van der Waals surface area contributed by atoms with Crippen molar-refractivity contribution in [3.05, 3.63) is 48.8 Å². The molecule has 1 aliphatic carbocycles. The van der Waals surface area contributed by atoms with Gasteiger partial charge >= 0.3 is 12.0 Å². The van der Waals surface area contributed by atoms with Crippen LogP contribution in [0.15, 0.2) is 43.2 Å². The van der Waals surface area contributed by atoms with Gasteiger partial charge in [0.05, 0.1) is 30.8 Å². The molecule has 5 N–H and O–H groups in total. The Hall–Kier alpha value is -4.60. The van der Waals surface area contributed by atoms with E-state index in [1.165, 1.54) is 7.11 Å². The number of nitrogens with zero attached hydrogens (tertiary/aromatic N) is 8. The summed E-state index contributed by atoms with van der Waals surface area (Å²) in [7, 11) is 1.49. The lowest BCUT2D eigenvalue weighted by Crippen LogP contribution is -2.44. The summed E-state index contributed by atoms with van der Waals surface area (Å²) in [5, 5.41) is 39.2. The molecule has 220 valence electrons. The molecule has 0 bridgehead atoms. The highest BCUT2D eigenvalue weighted by Gasteiger charge is 2.32. The van der Waals surface area contributed by atoms with Crippen LogP contribution in [0.1, 0.15) is 51.0 Å². The molecule has 1 amide bonds. The third-order valence-corrected chi connectivity index (χ3v) is 7.01. The van der Waals surface area contributed by atoms with Crippen LogP contribution in [0, 0.1) is 0 Å². The second-order valence-corrected chi connectivity index (χ2v) is 9.93. The maximum absolute atomic E-state index is 13.2. The molecular formula is C27H32N10O5. The molecule has 0 unspecified atom stereocenters. The minimum atomic E-state index is -3.12. The van der Waals surface area contributed by atoms with E-state index in [9.17, 15) is 20.1 Å². The first-order valence-electron chi connectivity index (χ1n) is 13.6. The standard InChI is InChI=1S/C27H32N10O5/c1-3-4-23(38)37(22-15-28-21(14-29-22)16-11-31-26(42-2)32-12-16)18-7-5-17(6-8-18)34-25-30-13-19(27(39,40)41)24(35-25)20-9-10-33-36-20/h9-15,17-18,39-41H,3-8H2,1-2H3,(H,33,36)(H,30,34,35)/t17-,18-. The number of carbonyl (C=O) groups is 1. The summed E-state index contributed by atoms with van der Waals surface area (Å²) in [4.78, 5) is 40.8. The zero-order valence-corrected chi connectivity index (χ0v) is 23.2. The van der Waals surface area contributed by atoms with Crippen molar-refractivity contribution in [3.8, 4) is 28.7 Å². The van der Waals surface area contributed by atoms with E-state index in [-0.39, 0.29) is 41.2 Å². The molecule has 0 spiro atoms. The maximum atomic E-state index is 13.2. The van der Waals surface area contributed by atoms with Gasteiger partial charge in [-0.25, -0.2) is 24.9 Å². The van der Waals surface area contributed by atoms with Crippen LogP contribution in [0.4, 0.5) is 11.8 Å². The average Bonchev–Trinajstić information content (AvgIpc) is 3.54. The number of nitrogens with one attached hydrogen (secondary N) is 2. The van der Waals surface area contributed by atoms with E-state index in [1.807, 2.05) is 6.92 Å². The number of aromatic amines is 1. The fourth-order valence-electron chi connectivity index (χ4n) is 4.95. The van der Waals surface area contributed by atoms with E-state index in [1.54, 1.807) is 42.0 Å². The molecule has 0 radical (unpaired) electrons. The van der Waals surface area contributed by atoms with Crippen LogP contribution in [0.2, 0.25) is 0 Å². The van der Waals surface area contributed by atoms with E-state index in [2.05, 4.69) is 45.4 Å². The Morgan fingerprint density at radius 2 is 1.79 bits per heavy atom. The van der Waals surface area contributed by atoms with Crippen molar-refractivity contribution >= 4 is 17.7 Å². The summed E-state index contributed by atoms with van der Waals surface area (Å²) in [6.45, 7) is 1.96. The first kappa shape index (κ1) is 28.9. The Morgan fingerprint density at radius 3 is 2.38 bits per heavy atom. The van der Waals surface area contributed by atoms with Crippen LogP contribution >= 0.6 is 0 Å². The smallest absolute Gasteiger partial charge is 0.316 e. The molecule has 4 aromatic rings. The van der Waals surface area contributed by atoms with E-state index in [0.29, 0.717) is 48.5 Å². The molecule has 4 aromatic heterocycles. The van der Waals surface area contributed by atoms with Gasteiger partial charge in [0, 0.05) is 48.9 Å². The predicted molar refractivity (Wildman–Crippen MR) is 150 cm³/mol. The molecule has 1 saturated carbocycles. The number of rotatable bonds is 10. The highest BCUT2D eigenvalue weighted by molar-refractivity contribution is 5.93. The first-order chi connectivity index (χ1) is 20.3. The number of hydrogen-bond donors (Lipinski definition) is 5. The second kappa shape index (κ2) is 12.5. The predicted octanol–water partition coefficient (Wildman–Crippen LogP) is 1.77. The average molecular weight is 577 g/mol. The largest absolute Gasteiger partial charge is 0.467 e. The summed E-state index contributed by atoms with van der Waals surface area (Å²) in [5.74, 6) is -2.38. The number of hydrogen-bond acceptors (Lipinski definition) is 13. The van der Waals surface area contributed by atoms with Gasteiger partial charge < -0.3 is 25.4 Å². The normalized spacial score (nSPS) is 17.1. The van der Waals surface area contributed by atoms with E-state index >= 15 is 0 Å². The van der Waals surface area contributed by atoms with Crippen molar-refractivity contribution < 1.29 is 24.9 Å². The molecular weight excluding hydrogens is 544 g/mol. The molecule has 1 aliphatic rings. The molecule has 4 heterocycles. The number of anilines is 2. The quantitative estimate of drug-likeness (QED) is 0.171. The molecule has 0 aromatic carbocycles. The lowest BCUT2D eigenvalue weighted by Gasteiger charge is -2.36. The minimum absolute atomic E-state index is 0.00734. The number of ether oxygens (including phenoxy) is 1. The van der Waals surface area contributed by atoms with E-state index in [4.69, 9.17) is 4.74 Å². The lowest BCUT2D eigenvalue weighted by molar-refractivity contribution is -0.323. The van der Waals surface area contributed by atoms with Crippen LogP contribution in [-0.2, 0) is 10.8 Å². The third kappa shape index (κ3) is 6.48. The Bertz CT molecular complexity index is 1470. The molecule has 5 rings (SSSR count). The van der Waals surface area contributed by atoms with Gasteiger partial charge in [0.1, 0.15) is 11.4 Å². The first-order valence-corrected chi connectivity index (χ1v) is 13.6. The maximum Gasteiger partial charge on any atom is 0.316 e. The zero-order chi connectivity index (χ0) is 29.7. The van der Waals surface area contributed by atoms with E-state index < -0.39 is 5.97 Å². The van der Waals surface area contributed by atoms with Gasteiger partial charge in [0.15, 0.2) is 5.82 Å². The summed E-state index contributed by atoms with van der Waals surface area (Å²) in [5.41, 5.74) is 1.37. The fraction of sp³-hybridized carbons (Fsp3) is 0.407. The van der Waals surface area contributed by atoms with Crippen molar-refractivity contribution in [2.45, 2.75) is 63.5 Å². The fourth-order valence-corrected chi connectivity index (χ4v) is 4.95. The van der Waals surface area contributed by atoms with Crippen molar-refractivity contribution in [1.29, 1.82) is 0 Å². The summed E-state index contributed by atoms with van der Waals surface area (Å²) >= 11 is 0. The minimum Gasteiger partial charge on any atom is -0.467 e. The van der Waals surface area contributed by atoms with Crippen molar-refractivity contribution in [2.75, 3.05) is 17.3 Å². The molecule has 0 aliphatic heterocycles. The lowest BCUT2D eigenvalue weighted by atomic mass is 9.90. The van der Waals surface area contributed by atoms with Crippen molar-refractivity contribution in [1.82, 2.24) is 40.1 Å². The van der Waals surface area contributed by atoms with Crippen LogP contribution in [0.3, 0.4) is 0 Å². The van der Waals surface area contributed by atoms with Gasteiger partial charge in [-0.05, 0) is 38.2 Å². The number of aliphatic hydroxyl groups is 3. The number of H-pyrrole nitrogens is 1. The Kier molecular flexibility index (Phi) is 8.61. The van der Waals surface area contributed by atoms with Crippen molar-refractivity contribution in [3.63, 3.8) is 0 Å². The highest BCUT2D eigenvalue weighted by atomic mass is 16.7. The number of carbonyl (C=O) groups excluding carboxylic acids is 1. The SMILES string of the molecule is CCCC(=O)N(c1cnc(-c2cnc(OC)nc2)cn1)[C@H]1CC[C@H](Nc2ncc(C(O)(O)O)c(-c3cc[nH]n3)n2)CC1. The van der Waals surface area contributed by atoms with Crippen molar-refractivity contribution in [2.24, 2.45) is 0 Å². The second-order valence-electron chi connectivity index (χ2n) is 9.93. The van der Waals surface area contributed by atoms with Gasteiger partial charge in [0.2, 0.25) is 11.9 Å². The molecule has 15 nitrogen and oxygen atoms in total. The van der Waals surface area contributed by atoms with E-state index in [0.717, 1.165) is 19.0 Å². The topological polar surface area (TPSA) is 208 Å². The molecule has 15 heteroatoms. The van der Waals surface area contributed by atoms with Gasteiger partial charge in [0.25, 0.3) is 0 Å². The number of methoxy groups -OCH3 is 1. The number of amides is 1. The molecule has 0 atom stereocenters. The Balaban J connectivity index is 1.28. The molecule has 0 saturated heterocycles. The molecule has 1 fully saturated rings. The summed E-state index contributed by atoms with van der Waals surface area (Å²) < 4.78 is 5.01. The summed E-state index contributed by atoms with van der Waals surface area (Å²) in [6.07, 6.45) is 13.1.